The van der Waals surface area contributed by atoms with Gasteiger partial charge in [-0.2, -0.15) is 0 Å². The van der Waals surface area contributed by atoms with E-state index in [2.05, 4.69) is 10.6 Å². The first-order valence-corrected chi connectivity index (χ1v) is 12.3. The van der Waals surface area contributed by atoms with Crippen molar-refractivity contribution in [1.82, 2.24) is 10.2 Å². The summed E-state index contributed by atoms with van der Waals surface area (Å²) in [6.45, 7) is 2.14. The highest BCUT2D eigenvalue weighted by atomic mass is 35.5. The summed E-state index contributed by atoms with van der Waals surface area (Å²) in [5, 5.41) is 6.44. The van der Waals surface area contributed by atoms with Gasteiger partial charge in [0.05, 0.1) is 6.54 Å². The molecular weight excluding hydrogens is 478 g/mol. The summed E-state index contributed by atoms with van der Waals surface area (Å²) in [5.74, 6) is -0.509. The van der Waals surface area contributed by atoms with Crippen molar-refractivity contribution in [2.45, 2.75) is 44.5 Å². The van der Waals surface area contributed by atoms with Crippen LogP contribution in [0.5, 0.6) is 0 Å². The molecule has 2 aliphatic rings. The second-order valence-electron chi connectivity index (χ2n) is 9.24. The summed E-state index contributed by atoms with van der Waals surface area (Å²) in [5.41, 5.74) is 3.56. The second-order valence-corrected chi connectivity index (χ2v) is 9.67. The fourth-order valence-electron chi connectivity index (χ4n) is 4.26. The maximum atomic E-state index is 13.3. The number of cyclic esters (lactones) is 1. The van der Waals surface area contributed by atoms with Crippen molar-refractivity contribution in [1.29, 1.82) is 0 Å². The third-order valence-corrected chi connectivity index (χ3v) is 6.54. The van der Waals surface area contributed by atoms with Crippen molar-refractivity contribution < 1.29 is 19.1 Å². The Kier molecular flexibility index (Phi) is 6.65. The summed E-state index contributed by atoms with van der Waals surface area (Å²) < 4.78 is 5.74. The number of carbonyl (C=O) groups is 3. The average Bonchev–Trinajstić information content (AvgIpc) is 3.61. The molecule has 2 N–H and O–H groups in total. The molecule has 3 aromatic carbocycles. The topological polar surface area (TPSA) is 87.7 Å². The molecule has 1 aliphatic carbocycles. The summed E-state index contributed by atoms with van der Waals surface area (Å²) in [6, 6.07) is 20.8. The molecule has 184 valence electrons. The van der Waals surface area contributed by atoms with Crippen LogP contribution in [0.2, 0.25) is 5.02 Å². The molecule has 1 saturated heterocycles. The second kappa shape index (κ2) is 10.0. The van der Waals surface area contributed by atoms with Gasteiger partial charge in [-0.1, -0.05) is 53.6 Å². The molecule has 2 fully saturated rings. The molecule has 0 radical (unpaired) electrons. The van der Waals surface area contributed by atoms with Gasteiger partial charge < -0.3 is 15.4 Å². The van der Waals surface area contributed by atoms with Crippen LogP contribution in [0.25, 0.3) is 0 Å². The van der Waals surface area contributed by atoms with E-state index in [4.69, 9.17) is 16.3 Å². The number of rotatable bonds is 7. The largest absolute Gasteiger partial charge is 0.438 e. The molecule has 0 spiro atoms. The Hall–Kier alpha value is -3.84. The van der Waals surface area contributed by atoms with Crippen LogP contribution in [0.15, 0.2) is 72.8 Å². The van der Waals surface area contributed by atoms with Crippen LogP contribution in [-0.4, -0.2) is 34.9 Å². The van der Waals surface area contributed by atoms with E-state index in [0.29, 0.717) is 21.8 Å². The van der Waals surface area contributed by atoms with E-state index in [1.165, 1.54) is 4.90 Å². The Bertz CT molecular complexity index is 1310. The summed E-state index contributed by atoms with van der Waals surface area (Å²) in [4.78, 5) is 40.4. The molecule has 3 amide bonds. The number of hydrogen-bond acceptors (Lipinski definition) is 4. The molecule has 0 aromatic heterocycles. The highest BCUT2D eigenvalue weighted by Gasteiger charge is 2.48. The van der Waals surface area contributed by atoms with E-state index >= 15 is 0 Å². The SMILES string of the molecule is Cc1ccc(C(=O)Nc2cccc(C3OC(=O)N(Cc4cccc(Cl)c4)C3C(=O)NC3CC3)c2)cc1. The number of anilines is 1. The molecule has 5 rings (SSSR count). The van der Waals surface area contributed by atoms with Crippen LogP contribution in [0.4, 0.5) is 10.5 Å². The summed E-state index contributed by atoms with van der Waals surface area (Å²) >= 11 is 6.13. The molecule has 1 saturated carbocycles. The standard InChI is InChI=1S/C28H26ClN3O4/c1-17-8-10-19(11-9-17)26(33)31-23-7-3-5-20(15-23)25-24(27(34)30-22-12-13-22)32(28(35)36-25)16-18-4-2-6-21(29)14-18/h2-11,14-15,22,24-25H,12-13,16H2,1H3,(H,30,34)(H,31,33). The molecular formula is C28H26ClN3O4. The number of benzene rings is 3. The minimum atomic E-state index is -0.861. The van der Waals surface area contributed by atoms with Crippen molar-refractivity contribution in [2.75, 3.05) is 5.32 Å². The Morgan fingerprint density at radius 3 is 2.50 bits per heavy atom. The monoisotopic (exact) mass is 503 g/mol. The summed E-state index contributed by atoms with van der Waals surface area (Å²) in [6.07, 6.45) is 0.441. The van der Waals surface area contributed by atoms with E-state index in [1.807, 2.05) is 25.1 Å². The fraction of sp³-hybridized carbons (Fsp3) is 0.250. The zero-order valence-electron chi connectivity index (χ0n) is 19.7. The molecule has 0 bridgehead atoms. The van der Waals surface area contributed by atoms with E-state index in [9.17, 15) is 14.4 Å². The first-order chi connectivity index (χ1) is 17.4. The van der Waals surface area contributed by atoms with Gasteiger partial charge in [0.15, 0.2) is 12.1 Å². The highest BCUT2D eigenvalue weighted by molar-refractivity contribution is 6.30. The average molecular weight is 504 g/mol. The number of amides is 3. The van der Waals surface area contributed by atoms with Crippen molar-refractivity contribution in [3.63, 3.8) is 0 Å². The smallest absolute Gasteiger partial charge is 0.411 e. The lowest BCUT2D eigenvalue weighted by molar-refractivity contribution is -0.126. The van der Waals surface area contributed by atoms with Gasteiger partial charge in [-0.25, -0.2) is 4.79 Å². The van der Waals surface area contributed by atoms with Gasteiger partial charge in [0.25, 0.3) is 5.91 Å². The van der Waals surface area contributed by atoms with Crippen LogP contribution < -0.4 is 10.6 Å². The summed E-state index contributed by atoms with van der Waals surface area (Å²) in [7, 11) is 0. The quantitative estimate of drug-likeness (QED) is 0.461. The number of carbonyl (C=O) groups excluding carboxylic acids is 3. The zero-order chi connectivity index (χ0) is 25.2. The van der Waals surface area contributed by atoms with E-state index in [-0.39, 0.29) is 24.4 Å². The van der Waals surface area contributed by atoms with Gasteiger partial charge in [-0.3, -0.25) is 14.5 Å². The fourth-order valence-corrected chi connectivity index (χ4v) is 4.47. The molecule has 1 heterocycles. The third-order valence-electron chi connectivity index (χ3n) is 6.31. The lowest BCUT2D eigenvalue weighted by Crippen LogP contribution is -2.46. The number of nitrogens with zero attached hydrogens (tertiary/aromatic N) is 1. The zero-order valence-corrected chi connectivity index (χ0v) is 20.5. The van der Waals surface area contributed by atoms with Gasteiger partial charge in [0, 0.05) is 22.3 Å². The number of halogens is 1. The van der Waals surface area contributed by atoms with Crippen molar-refractivity contribution in [2.24, 2.45) is 0 Å². The maximum absolute atomic E-state index is 13.3. The van der Waals surface area contributed by atoms with Gasteiger partial charge in [0.2, 0.25) is 5.91 Å². The lowest BCUT2D eigenvalue weighted by atomic mass is 10.00. The molecule has 2 atom stereocenters. The number of hydrogen-bond donors (Lipinski definition) is 2. The minimum absolute atomic E-state index is 0.127. The Labute approximate surface area is 214 Å². The van der Waals surface area contributed by atoms with Crippen LogP contribution in [0.1, 0.15) is 46.0 Å². The molecule has 3 aromatic rings. The molecule has 1 aliphatic heterocycles. The van der Waals surface area contributed by atoms with Gasteiger partial charge in [-0.15, -0.1) is 0 Å². The molecule has 7 nitrogen and oxygen atoms in total. The lowest BCUT2D eigenvalue weighted by Gasteiger charge is -2.24. The van der Waals surface area contributed by atoms with Crippen LogP contribution in [-0.2, 0) is 16.1 Å². The molecule has 8 heteroatoms. The third kappa shape index (κ3) is 5.36. The number of nitrogens with one attached hydrogen (secondary N) is 2. The molecule has 36 heavy (non-hydrogen) atoms. The van der Waals surface area contributed by atoms with Gasteiger partial charge in [0.1, 0.15) is 0 Å². The van der Waals surface area contributed by atoms with Crippen molar-refractivity contribution >= 4 is 35.2 Å². The predicted octanol–water partition coefficient (Wildman–Crippen LogP) is 5.24. The maximum Gasteiger partial charge on any atom is 0.411 e. The van der Waals surface area contributed by atoms with Crippen LogP contribution >= 0.6 is 11.6 Å². The minimum Gasteiger partial charge on any atom is -0.438 e. The van der Waals surface area contributed by atoms with Gasteiger partial charge >= 0.3 is 6.09 Å². The first kappa shape index (κ1) is 23.9. The van der Waals surface area contributed by atoms with Crippen molar-refractivity contribution in [3.05, 3.63) is 100 Å². The Balaban J connectivity index is 1.40. The Morgan fingerprint density at radius 2 is 1.78 bits per heavy atom. The van der Waals surface area contributed by atoms with Gasteiger partial charge in [-0.05, 0) is 67.3 Å². The number of aryl methyl sites for hydroxylation is 1. The first-order valence-electron chi connectivity index (χ1n) is 11.9. The number of ether oxygens (including phenoxy) is 1. The van der Waals surface area contributed by atoms with Crippen LogP contribution in [0, 0.1) is 6.92 Å². The van der Waals surface area contributed by atoms with Crippen molar-refractivity contribution in [3.8, 4) is 0 Å². The predicted molar refractivity (Wildman–Crippen MR) is 137 cm³/mol. The highest BCUT2D eigenvalue weighted by Crippen LogP contribution is 2.36. The van der Waals surface area contributed by atoms with Crippen LogP contribution in [0.3, 0.4) is 0 Å². The van der Waals surface area contributed by atoms with E-state index < -0.39 is 18.2 Å². The van der Waals surface area contributed by atoms with E-state index in [0.717, 1.165) is 24.0 Å². The normalized spacial score (nSPS) is 19.1. The molecule has 2 unspecified atom stereocenters. The Morgan fingerprint density at radius 1 is 1.03 bits per heavy atom. The van der Waals surface area contributed by atoms with E-state index in [1.54, 1.807) is 54.6 Å².